The first-order valence-corrected chi connectivity index (χ1v) is 11.8. The fraction of sp³-hybridized carbons (Fsp3) is 0.250. The fourth-order valence-corrected chi connectivity index (χ4v) is 5.91. The first-order chi connectivity index (χ1) is 15.3. The van der Waals surface area contributed by atoms with E-state index >= 15 is 0 Å². The van der Waals surface area contributed by atoms with Gasteiger partial charge in [0.1, 0.15) is 24.2 Å². The molecule has 33 heavy (non-hydrogen) atoms. The Morgan fingerprint density at radius 1 is 1.45 bits per heavy atom. The summed E-state index contributed by atoms with van der Waals surface area (Å²) in [7, 11) is 1.26. The van der Waals surface area contributed by atoms with Gasteiger partial charge in [-0.25, -0.2) is 4.98 Å². The SMILES string of the molecule is CO/N=C(\C(=O)N[C@@H]1C(=O)N2C(C(=O)[O-])=C(C(=S)c3cnns3)CS[C@@H]12)c1csc(N)n1.[Na+]. The molecule has 12 nitrogen and oxygen atoms in total. The van der Waals surface area contributed by atoms with E-state index < -0.39 is 29.2 Å². The van der Waals surface area contributed by atoms with E-state index in [4.69, 9.17) is 22.8 Å². The molecular formula is C16H12N7NaO5S4. The van der Waals surface area contributed by atoms with E-state index in [-0.39, 0.29) is 68.0 Å². The summed E-state index contributed by atoms with van der Waals surface area (Å²) in [6.45, 7) is 0. The van der Waals surface area contributed by atoms with Crippen molar-refractivity contribution < 1.29 is 53.9 Å². The van der Waals surface area contributed by atoms with Crippen molar-refractivity contribution in [3.8, 4) is 0 Å². The standard InChI is InChI=1S/C16H13N7O5S4.Na/c1-28-21-8(6-4-31-16(17)19-6)12(24)20-9-13(25)23-10(15(26)27)5(3-30-14(9)23)11(29)7-2-18-22-32-7;/h2,4,9,14H,3H2,1H3,(H2,17,19)(H,20,24)(H,26,27);/q;+1/p-1/b21-8-;/t9-,14+;/m1./s1. The molecule has 4 heterocycles. The largest absolute Gasteiger partial charge is 1.00 e. The van der Waals surface area contributed by atoms with E-state index in [1.807, 2.05) is 0 Å². The predicted octanol–water partition coefficient (Wildman–Crippen LogP) is -4.25. The normalized spacial score (nSPS) is 19.8. The molecule has 1 saturated heterocycles. The number of hydrogen-bond donors (Lipinski definition) is 2. The van der Waals surface area contributed by atoms with Gasteiger partial charge in [0.25, 0.3) is 11.8 Å². The van der Waals surface area contributed by atoms with Crippen LogP contribution >= 0.6 is 46.8 Å². The zero-order valence-electron chi connectivity index (χ0n) is 17.0. The van der Waals surface area contributed by atoms with Gasteiger partial charge in [-0.3, -0.25) is 14.5 Å². The molecule has 0 bridgehead atoms. The van der Waals surface area contributed by atoms with E-state index in [0.717, 1.165) is 27.8 Å². The van der Waals surface area contributed by atoms with Gasteiger partial charge in [0, 0.05) is 16.7 Å². The van der Waals surface area contributed by atoms with Gasteiger partial charge < -0.3 is 25.8 Å². The summed E-state index contributed by atoms with van der Waals surface area (Å²) in [4.78, 5) is 48.0. The number of carboxylic acids is 1. The molecule has 17 heteroatoms. The smallest absolute Gasteiger partial charge is 0.543 e. The molecule has 2 aromatic heterocycles. The van der Waals surface area contributed by atoms with Crippen LogP contribution in [0.5, 0.6) is 0 Å². The summed E-state index contributed by atoms with van der Waals surface area (Å²) in [5, 5.41) is 22.9. The Labute approximate surface area is 226 Å². The van der Waals surface area contributed by atoms with Crippen LogP contribution < -0.4 is 45.7 Å². The number of nitrogen functional groups attached to an aromatic ring is 1. The molecule has 0 saturated carbocycles. The van der Waals surface area contributed by atoms with Crippen LogP contribution in [0.15, 0.2) is 28.0 Å². The summed E-state index contributed by atoms with van der Waals surface area (Å²) in [5.41, 5.74) is 5.58. The van der Waals surface area contributed by atoms with E-state index in [1.54, 1.807) is 0 Å². The van der Waals surface area contributed by atoms with Crippen molar-refractivity contribution in [3.63, 3.8) is 0 Å². The second-order valence-electron chi connectivity index (χ2n) is 6.28. The number of thioether (sulfide) groups is 1. The second kappa shape index (κ2) is 10.5. The number of β-lactam (4-membered cyclic amide) rings is 1. The summed E-state index contributed by atoms with van der Waals surface area (Å²) in [6.07, 6.45) is 1.42. The molecule has 2 aromatic rings. The number of carbonyl (C=O) groups excluding carboxylic acids is 3. The molecule has 0 aliphatic carbocycles. The Balaban J connectivity index is 0.00000306. The monoisotopic (exact) mass is 533 g/mol. The summed E-state index contributed by atoms with van der Waals surface area (Å²) >= 11 is 8.77. The molecule has 1 fully saturated rings. The summed E-state index contributed by atoms with van der Waals surface area (Å²) in [5.74, 6) is -2.68. The molecule has 4 rings (SSSR count). The Morgan fingerprint density at radius 3 is 2.79 bits per heavy atom. The van der Waals surface area contributed by atoms with Gasteiger partial charge in [0.15, 0.2) is 10.8 Å². The van der Waals surface area contributed by atoms with Gasteiger partial charge in [-0.1, -0.05) is 21.9 Å². The zero-order valence-corrected chi connectivity index (χ0v) is 22.3. The average Bonchev–Trinajstić information content (AvgIpc) is 3.46. The van der Waals surface area contributed by atoms with Crippen LogP contribution in [0, 0.1) is 0 Å². The van der Waals surface area contributed by atoms with Crippen LogP contribution in [0.25, 0.3) is 0 Å². The van der Waals surface area contributed by atoms with Crippen molar-refractivity contribution in [1.29, 1.82) is 0 Å². The van der Waals surface area contributed by atoms with Gasteiger partial charge in [0.05, 0.1) is 27.6 Å². The third kappa shape index (κ3) is 4.82. The van der Waals surface area contributed by atoms with Crippen molar-refractivity contribution in [2.24, 2.45) is 5.16 Å². The molecule has 0 unspecified atom stereocenters. The van der Waals surface area contributed by atoms with Crippen molar-refractivity contribution in [2.45, 2.75) is 11.4 Å². The number of aromatic nitrogens is 3. The van der Waals surface area contributed by atoms with Crippen molar-refractivity contribution >= 4 is 80.3 Å². The third-order valence-electron chi connectivity index (χ3n) is 4.47. The number of carbonyl (C=O) groups is 3. The Hall–Kier alpha value is -1.95. The van der Waals surface area contributed by atoms with E-state index in [1.165, 1.54) is 30.4 Å². The first kappa shape index (κ1) is 25.7. The number of nitrogens with two attached hydrogens (primary N) is 1. The molecule has 0 aromatic carbocycles. The van der Waals surface area contributed by atoms with Crippen molar-refractivity contribution in [1.82, 2.24) is 24.8 Å². The number of thiazole rings is 1. The van der Waals surface area contributed by atoms with Gasteiger partial charge in [-0.2, -0.15) is 0 Å². The number of amides is 2. The van der Waals surface area contributed by atoms with Crippen LogP contribution in [-0.2, 0) is 19.2 Å². The molecule has 2 aliphatic heterocycles. The van der Waals surface area contributed by atoms with Crippen molar-refractivity contribution in [3.05, 3.63) is 33.4 Å². The van der Waals surface area contributed by atoms with Crippen molar-refractivity contribution in [2.75, 3.05) is 18.6 Å². The number of fused-ring (bicyclic) bond motifs is 1. The maximum absolute atomic E-state index is 12.8. The molecule has 3 N–H and O–H groups in total. The number of rotatable bonds is 7. The average molecular weight is 534 g/mol. The Morgan fingerprint density at radius 2 is 2.21 bits per heavy atom. The number of nitrogens with zero attached hydrogens (tertiary/aromatic N) is 5. The number of aliphatic carboxylic acids is 1. The van der Waals surface area contributed by atoms with E-state index in [9.17, 15) is 19.5 Å². The number of hydrogen-bond acceptors (Lipinski definition) is 14. The maximum Gasteiger partial charge on any atom is 1.00 e. The molecule has 0 radical (unpaired) electrons. The molecule has 0 spiro atoms. The summed E-state index contributed by atoms with van der Waals surface area (Å²) < 4.78 is 3.72. The first-order valence-electron chi connectivity index (χ1n) is 8.68. The van der Waals surface area contributed by atoms with Gasteiger partial charge in [-0.05, 0) is 11.5 Å². The van der Waals surface area contributed by atoms with E-state index in [0.29, 0.717) is 4.88 Å². The zero-order chi connectivity index (χ0) is 23.0. The molecule has 2 atom stereocenters. The molecular weight excluding hydrogens is 521 g/mol. The number of thiocarbonyl (C=S) groups is 1. The minimum atomic E-state index is -1.54. The quantitative estimate of drug-likeness (QED) is 0.0880. The van der Waals surface area contributed by atoms with Crippen LogP contribution in [0.1, 0.15) is 10.6 Å². The van der Waals surface area contributed by atoms with Crippen LogP contribution in [0.3, 0.4) is 0 Å². The van der Waals surface area contributed by atoms with Gasteiger partial charge >= 0.3 is 29.6 Å². The number of carboxylic acid groups (broad SMARTS) is 1. The predicted molar refractivity (Wildman–Crippen MR) is 119 cm³/mol. The number of nitrogens with one attached hydrogen (secondary N) is 1. The van der Waals surface area contributed by atoms with Crippen LogP contribution in [0.4, 0.5) is 5.13 Å². The number of oxime groups is 1. The topological polar surface area (TPSA) is 176 Å². The molecule has 2 amide bonds. The Bertz CT molecular complexity index is 1180. The number of anilines is 1. The molecule has 166 valence electrons. The summed E-state index contributed by atoms with van der Waals surface area (Å²) in [6, 6.07) is -0.986. The minimum Gasteiger partial charge on any atom is -0.543 e. The fourth-order valence-electron chi connectivity index (χ4n) is 3.10. The molecule has 2 aliphatic rings. The third-order valence-corrected chi connectivity index (χ3v) is 7.70. The van der Waals surface area contributed by atoms with Gasteiger partial charge in [0.2, 0.25) is 0 Å². The second-order valence-corrected chi connectivity index (χ2v) is 9.47. The van der Waals surface area contributed by atoms with Gasteiger partial charge in [-0.15, -0.1) is 28.2 Å². The maximum atomic E-state index is 12.8. The van der Waals surface area contributed by atoms with E-state index in [2.05, 4.69) is 25.0 Å². The van der Waals surface area contributed by atoms with Crippen LogP contribution in [-0.4, -0.2) is 72.1 Å². The minimum absolute atomic E-state index is 0. The van der Waals surface area contributed by atoms with Crippen LogP contribution in [0.2, 0.25) is 0 Å². The Kier molecular flexibility index (Phi) is 8.20.